The largest absolute Gasteiger partial charge is 0.349 e. The van der Waals surface area contributed by atoms with Crippen LogP contribution in [0.15, 0.2) is 54.6 Å². The number of benzene rings is 2. The molecule has 3 aromatic rings. The van der Waals surface area contributed by atoms with Gasteiger partial charge in [-0.2, -0.15) is 0 Å². The highest BCUT2D eigenvalue weighted by molar-refractivity contribution is 5.79. The molecule has 1 aromatic heterocycles. The van der Waals surface area contributed by atoms with Gasteiger partial charge in [0.1, 0.15) is 5.82 Å². The number of imidazole rings is 1. The van der Waals surface area contributed by atoms with Gasteiger partial charge < -0.3 is 9.88 Å². The number of carbonyl (C=O) groups is 1. The maximum absolute atomic E-state index is 12.6. The van der Waals surface area contributed by atoms with Crippen LogP contribution in [0.3, 0.4) is 0 Å². The molecule has 1 saturated carbocycles. The van der Waals surface area contributed by atoms with E-state index in [2.05, 4.69) is 64.2 Å². The van der Waals surface area contributed by atoms with E-state index in [9.17, 15) is 4.79 Å². The average molecular weight is 403 g/mol. The number of likely N-dealkylation sites (tertiary alicyclic amines) is 1. The van der Waals surface area contributed by atoms with Crippen LogP contribution >= 0.6 is 0 Å². The predicted molar refractivity (Wildman–Crippen MR) is 119 cm³/mol. The Labute approximate surface area is 178 Å². The van der Waals surface area contributed by atoms with Gasteiger partial charge in [-0.15, -0.1) is 0 Å². The summed E-state index contributed by atoms with van der Waals surface area (Å²) in [5.74, 6) is 1.55. The molecule has 5 rings (SSSR count). The van der Waals surface area contributed by atoms with E-state index >= 15 is 0 Å². The molecule has 2 fully saturated rings. The number of aromatic nitrogens is 2. The fraction of sp³-hybridized carbons (Fsp3) is 0.440. The molecule has 5 nitrogen and oxygen atoms in total. The molecule has 30 heavy (non-hydrogen) atoms. The molecule has 1 saturated heterocycles. The summed E-state index contributed by atoms with van der Waals surface area (Å²) in [6, 6.07) is 19.4. The van der Waals surface area contributed by atoms with Crippen molar-refractivity contribution in [1.82, 2.24) is 19.8 Å². The minimum Gasteiger partial charge on any atom is -0.349 e. The molecule has 5 heteroatoms. The van der Waals surface area contributed by atoms with E-state index < -0.39 is 0 Å². The summed E-state index contributed by atoms with van der Waals surface area (Å²) in [4.78, 5) is 19.8. The molecule has 1 atom stereocenters. The second-order valence-electron chi connectivity index (χ2n) is 8.82. The van der Waals surface area contributed by atoms with Crippen LogP contribution < -0.4 is 5.32 Å². The van der Waals surface area contributed by atoms with Gasteiger partial charge in [0.05, 0.1) is 23.1 Å². The van der Waals surface area contributed by atoms with E-state index in [1.54, 1.807) is 0 Å². The first-order chi connectivity index (χ1) is 14.7. The van der Waals surface area contributed by atoms with Crippen LogP contribution in [-0.2, 0) is 4.79 Å². The summed E-state index contributed by atoms with van der Waals surface area (Å²) in [6.45, 7) is 5.18. The first-order valence-corrected chi connectivity index (χ1v) is 11.2. The van der Waals surface area contributed by atoms with E-state index in [0.29, 0.717) is 6.04 Å². The standard InChI is InChI=1S/C25H30N4O/c1-18-26-23-12-5-6-13-24(23)29(18)21-16-28(17-21)15-14-22(19-8-3-2-4-9-19)27-25(30)20-10-7-11-20/h2-6,8-9,12-13,20-22H,7,10-11,14-17H2,1H3,(H,27,30)/t22-/m0/s1. The third-order valence-electron chi connectivity index (χ3n) is 6.80. The molecular formula is C25H30N4O. The van der Waals surface area contributed by atoms with Gasteiger partial charge in [0.25, 0.3) is 0 Å². The minimum atomic E-state index is 0.0918. The highest BCUT2D eigenvalue weighted by atomic mass is 16.2. The molecule has 1 aliphatic heterocycles. The van der Waals surface area contributed by atoms with Gasteiger partial charge in [-0.05, 0) is 43.9 Å². The van der Waals surface area contributed by atoms with E-state index in [1.165, 1.54) is 17.5 Å². The van der Waals surface area contributed by atoms with Gasteiger partial charge in [-0.25, -0.2) is 4.98 Å². The molecular weight excluding hydrogens is 372 g/mol. The Bertz CT molecular complexity index is 1020. The monoisotopic (exact) mass is 402 g/mol. The molecule has 0 radical (unpaired) electrons. The van der Waals surface area contributed by atoms with Crippen LogP contribution in [0.1, 0.15) is 49.2 Å². The number of amides is 1. The van der Waals surface area contributed by atoms with Crippen LogP contribution in [0, 0.1) is 12.8 Å². The van der Waals surface area contributed by atoms with Gasteiger partial charge in [0, 0.05) is 25.6 Å². The van der Waals surface area contributed by atoms with E-state index in [1.807, 2.05) is 12.1 Å². The summed E-state index contributed by atoms with van der Waals surface area (Å²) in [7, 11) is 0. The summed E-state index contributed by atoms with van der Waals surface area (Å²) < 4.78 is 2.39. The molecule has 2 aliphatic rings. The second-order valence-corrected chi connectivity index (χ2v) is 8.82. The van der Waals surface area contributed by atoms with Crippen LogP contribution in [0.4, 0.5) is 0 Å². The number of hydrogen-bond acceptors (Lipinski definition) is 3. The number of hydrogen-bond donors (Lipinski definition) is 1. The SMILES string of the molecule is Cc1nc2ccccc2n1C1CN(CC[C@H](NC(=O)C2CCC2)c2ccccc2)C1. The molecule has 1 N–H and O–H groups in total. The quantitative estimate of drug-likeness (QED) is 0.643. The molecule has 0 bridgehead atoms. The summed E-state index contributed by atoms with van der Waals surface area (Å²) in [6.07, 6.45) is 4.21. The van der Waals surface area contributed by atoms with Crippen LogP contribution in [-0.4, -0.2) is 40.0 Å². The lowest BCUT2D eigenvalue weighted by Gasteiger charge is -2.41. The third-order valence-corrected chi connectivity index (χ3v) is 6.80. The Balaban J connectivity index is 1.21. The van der Waals surface area contributed by atoms with Crippen molar-refractivity contribution in [2.24, 2.45) is 5.92 Å². The Morgan fingerprint density at radius 1 is 1.10 bits per heavy atom. The zero-order chi connectivity index (χ0) is 20.5. The summed E-state index contributed by atoms with van der Waals surface area (Å²) in [5.41, 5.74) is 3.52. The van der Waals surface area contributed by atoms with E-state index in [0.717, 1.165) is 50.2 Å². The molecule has 1 aliphatic carbocycles. The minimum absolute atomic E-state index is 0.0918. The van der Waals surface area contributed by atoms with Crippen molar-refractivity contribution >= 4 is 16.9 Å². The normalized spacial score (nSPS) is 18.7. The van der Waals surface area contributed by atoms with Crippen LogP contribution in [0.5, 0.6) is 0 Å². The van der Waals surface area contributed by atoms with Crippen molar-refractivity contribution in [3.63, 3.8) is 0 Å². The second kappa shape index (κ2) is 8.23. The first-order valence-electron chi connectivity index (χ1n) is 11.2. The fourth-order valence-corrected chi connectivity index (χ4v) is 4.79. The zero-order valence-electron chi connectivity index (χ0n) is 17.6. The number of rotatable bonds is 7. The Kier molecular flexibility index (Phi) is 5.30. The topological polar surface area (TPSA) is 50.2 Å². The van der Waals surface area contributed by atoms with Crippen molar-refractivity contribution in [2.75, 3.05) is 19.6 Å². The highest BCUT2D eigenvalue weighted by Gasteiger charge is 2.31. The lowest BCUT2D eigenvalue weighted by molar-refractivity contribution is -0.128. The van der Waals surface area contributed by atoms with Gasteiger partial charge in [0.2, 0.25) is 5.91 Å². The van der Waals surface area contributed by atoms with Crippen LogP contribution in [0.2, 0.25) is 0 Å². The lowest BCUT2D eigenvalue weighted by atomic mass is 9.84. The van der Waals surface area contributed by atoms with Crippen molar-refractivity contribution < 1.29 is 4.79 Å². The predicted octanol–water partition coefficient (Wildman–Crippen LogP) is 4.25. The van der Waals surface area contributed by atoms with E-state index in [4.69, 9.17) is 4.98 Å². The number of nitrogens with zero attached hydrogens (tertiary/aromatic N) is 3. The zero-order valence-corrected chi connectivity index (χ0v) is 17.6. The van der Waals surface area contributed by atoms with Crippen molar-refractivity contribution in [3.8, 4) is 0 Å². The maximum Gasteiger partial charge on any atom is 0.223 e. The maximum atomic E-state index is 12.6. The molecule has 2 aromatic carbocycles. The first kappa shape index (κ1) is 19.3. The molecule has 0 unspecified atom stereocenters. The van der Waals surface area contributed by atoms with Crippen molar-refractivity contribution in [2.45, 2.75) is 44.7 Å². The number of nitrogens with one attached hydrogen (secondary N) is 1. The molecule has 0 spiro atoms. The Morgan fingerprint density at radius 3 is 2.57 bits per heavy atom. The Morgan fingerprint density at radius 2 is 1.83 bits per heavy atom. The third kappa shape index (κ3) is 3.74. The van der Waals surface area contributed by atoms with Crippen molar-refractivity contribution in [1.29, 1.82) is 0 Å². The average Bonchev–Trinajstić information content (AvgIpc) is 3.01. The molecule has 156 valence electrons. The molecule has 2 heterocycles. The van der Waals surface area contributed by atoms with Gasteiger partial charge in [0.15, 0.2) is 0 Å². The molecule has 1 amide bonds. The highest BCUT2D eigenvalue weighted by Crippen LogP contribution is 2.30. The van der Waals surface area contributed by atoms with Crippen LogP contribution in [0.25, 0.3) is 11.0 Å². The number of carbonyl (C=O) groups excluding carboxylic acids is 1. The van der Waals surface area contributed by atoms with Gasteiger partial charge >= 0.3 is 0 Å². The summed E-state index contributed by atoms with van der Waals surface area (Å²) >= 11 is 0. The van der Waals surface area contributed by atoms with E-state index in [-0.39, 0.29) is 17.9 Å². The van der Waals surface area contributed by atoms with Crippen molar-refractivity contribution in [3.05, 3.63) is 66.0 Å². The number of para-hydroxylation sites is 2. The lowest BCUT2D eigenvalue weighted by Crippen LogP contribution is -2.49. The fourth-order valence-electron chi connectivity index (χ4n) is 4.79. The number of fused-ring (bicyclic) bond motifs is 1. The number of aryl methyl sites for hydroxylation is 1. The summed E-state index contributed by atoms with van der Waals surface area (Å²) in [5, 5.41) is 3.33. The Hall–Kier alpha value is -2.66. The van der Waals surface area contributed by atoms with Gasteiger partial charge in [-0.1, -0.05) is 48.9 Å². The smallest absolute Gasteiger partial charge is 0.223 e. The van der Waals surface area contributed by atoms with Gasteiger partial charge in [-0.3, -0.25) is 9.69 Å².